The van der Waals surface area contributed by atoms with E-state index in [1.807, 2.05) is 38.2 Å². The number of amides is 1. The largest absolute Gasteiger partial charge is 0.486 e. The Hall–Kier alpha value is -3.81. The summed E-state index contributed by atoms with van der Waals surface area (Å²) in [6.07, 6.45) is 3.60. The fourth-order valence-electron chi connectivity index (χ4n) is 3.51. The van der Waals surface area contributed by atoms with Gasteiger partial charge in [0, 0.05) is 24.4 Å². The third-order valence-corrected chi connectivity index (χ3v) is 5.34. The molecule has 0 saturated heterocycles. The molecule has 1 amide bonds. The van der Waals surface area contributed by atoms with E-state index in [0.717, 1.165) is 16.9 Å². The molecular formula is C23H22N4O4. The van der Waals surface area contributed by atoms with E-state index in [9.17, 15) is 4.79 Å². The van der Waals surface area contributed by atoms with Crippen molar-refractivity contribution in [3.63, 3.8) is 0 Å². The van der Waals surface area contributed by atoms with E-state index in [1.54, 1.807) is 36.0 Å². The molecule has 0 unspecified atom stereocenters. The molecule has 5 rings (SSSR count). The molecule has 31 heavy (non-hydrogen) atoms. The maximum Gasteiger partial charge on any atom is 0.251 e. The van der Waals surface area contributed by atoms with E-state index in [0.29, 0.717) is 41.6 Å². The highest BCUT2D eigenvalue weighted by molar-refractivity contribution is 5.97. The molecule has 4 aromatic rings. The Balaban J connectivity index is 1.37. The number of carbonyl (C=O) groups excluding carboxylic acids is 1. The van der Waals surface area contributed by atoms with Crippen LogP contribution in [0.1, 0.15) is 19.7 Å². The van der Waals surface area contributed by atoms with Crippen LogP contribution in [0.5, 0.6) is 11.5 Å². The molecule has 2 aromatic carbocycles. The van der Waals surface area contributed by atoms with Crippen molar-refractivity contribution in [2.75, 3.05) is 18.5 Å². The minimum absolute atomic E-state index is 0.191. The monoisotopic (exact) mass is 418 g/mol. The second kappa shape index (κ2) is 7.16. The molecule has 3 heterocycles. The van der Waals surface area contributed by atoms with Gasteiger partial charge < -0.3 is 19.2 Å². The summed E-state index contributed by atoms with van der Waals surface area (Å²) >= 11 is 0. The lowest BCUT2D eigenvalue weighted by molar-refractivity contribution is -0.123. The average Bonchev–Trinajstić information content (AvgIpc) is 3.39. The number of benzene rings is 2. The number of rotatable bonds is 4. The van der Waals surface area contributed by atoms with Crippen LogP contribution in [0.4, 0.5) is 5.69 Å². The lowest BCUT2D eigenvalue weighted by Gasteiger charge is -2.24. The van der Waals surface area contributed by atoms with Gasteiger partial charge in [-0.2, -0.15) is 5.10 Å². The van der Waals surface area contributed by atoms with Gasteiger partial charge in [-0.1, -0.05) is 6.07 Å². The molecule has 0 fully saturated rings. The lowest BCUT2D eigenvalue weighted by Crippen LogP contribution is -2.40. The number of fused-ring (bicyclic) bond motifs is 2. The molecule has 0 radical (unpaired) electrons. The van der Waals surface area contributed by atoms with Gasteiger partial charge in [0.1, 0.15) is 24.3 Å². The van der Waals surface area contributed by atoms with E-state index in [2.05, 4.69) is 15.4 Å². The molecule has 1 aliphatic rings. The van der Waals surface area contributed by atoms with Crippen LogP contribution >= 0.6 is 0 Å². The Kier molecular flexibility index (Phi) is 4.43. The number of hydrogen-bond donors (Lipinski definition) is 1. The van der Waals surface area contributed by atoms with Crippen LogP contribution in [0.3, 0.4) is 0 Å². The highest BCUT2D eigenvalue weighted by Crippen LogP contribution is 2.35. The summed E-state index contributed by atoms with van der Waals surface area (Å²) in [6, 6.07) is 11.2. The Morgan fingerprint density at radius 1 is 1.06 bits per heavy atom. The molecule has 0 atom stereocenters. The standard InChI is InChI=1S/C23H22N4O4/c1-14-25-18-11-17(5-7-19(18)31-14)26-22(28)23(2,3)27-13-16(12-24-27)15-4-6-20-21(10-15)30-9-8-29-20/h4-7,10-13H,8-9H2,1-3H3,(H,26,28). The SMILES string of the molecule is Cc1nc2cc(NC(=O)C(C)(C)n3cc(-c4ccc5c(c4)OCCO5)cn3)ccc2o1. The first-order chi connectivity index (χ1) is 14.9. The van der Waals surface area contributed by atoms with Crippen LogP contribution in [0.15, 0.2) is 53.2 Å². The predicted molar refractivity (Wildman–Crippen MR) is 115 cm³/mol. The zero-order valence-electron chi connectivity index (χ0n) is 17.5. The van der Waals surface area contributed by atoms with Crippen molar-refractivity contribution in [1.29, 1.82) is 0 Å². The van der Waals surface area contributed by atoms with E-state index in [1.165, 1.54) is 0 Å². The van der Waals surface area contributed by atoms with Gasteiger partial charge in [-0.15, -0.1) is 0 Å². The van der Waals surface area contributed by atoms with Gasteiger partial charge in [0.2, 0.25) is 0 Å². The first-order valence-electron chi connectivity index (χ1n) is 10.0. The first kappa shape index (κ1) is 19.2. The minimum Gasteiger partial charge on any atom is -0.486 e. The zero-order chi connectivity index (χ0) is 21.6. The molecule has 0 spiro atoms. The second-order valence-electron chi connectivity index (χ2n) is 7.96. The molecular weight excluding hydrogens is 396 g/mol. The molecule has 1 aliphatic heterocycles. The van der Waals surface area contributed by atoms with Crippen molar-refractivity contribution in [3.8, 4) is 22.6 Å². The zero-order valence-corrected chi connectivity index (χ0v) is 17.5. The average molecular weight is 418 g/mol. The van der Waals surface area contributed by atoms with Crippen LogP contribution in [-0.4, -0.2) is 33.9 Å². The molecule has 0 bridgehead atoms. The summed E-state index contributed by atoms with van der Waals surface area (Å²) < 4.78 is 18.4. The number of nitrogens with zero attached hydrogens (tertiary/aromatic N) is 3. The van der Waals surface area contributed by atoms with E-state index in [-0.39, 0.29) is 5.91 Å². The highest BCUT2D eigenvalue weighted by atomic mass is 16.6. The molecule has 8 heteroatoms. The number of carbonyl (C=O) groups is 1. The summed E-state index contributed by atoms with van der Waals surface area (Å²) in [7, 11) is 0. The van der Waals surface area contributed by atoms with Crippen molar-refractivity contribution in [2.24, 2.45) is 0 Å². The number of nitrogens with one attached hydrogen (secondary N) is 1. The summed E-state index contributed by atoms with van der Waals surface area (Å²) in [5.74, 6) is 1.85. The van der Waals surface area contributed by atoms with E-state index >= 15 is 0 Å². The van der Waals surface area contributed by atoms with Crippen molar-refractivity contribution in [3.05, 3.63) is 54.7 Å². The maximum atomic E-state index is 13.1. The van der Waals surface area contributed by atoms with Crippen molar-refractivity contribution >= 4 is 22.7 Å². The molecule has 0 saturated carbocycles. The van der Waals surface area contributed by atoms with Crippen molar-refractivity contribution in [1.82, 2.24) is 14.8 Å². The summed E-state index contributed by atoms with van der Waals surface area (Å²) in [5, 5.41) is 7.40. The first-order valence-corrected chi connectivity index (χ1v) is 10.0. The molecule has 8 nitrogen and oxygen atoms in total. The molecule has 0 aliphatic carbocycles. The van der Waals surface area contributed by atoms with Gasteiger partial charge >= 0.3 is 0 Å². The topological polar surface area (TPSA) is 91.4 Å². The van der Waals surface area contributed by atoms with Gasteiger partial charge in [0.05, 0.1) is 6.20 Å². The Labute approximate surface area is 178 Å². The Bertz CT molecular complexity index is 1290. The quantitative estimate of drug-likeness (QED) is 0.535. The normalized spacial score (nSPS) is 13.4. The lowest BCUT2D eigenvalue weighted by atomic mass is 10.0. The van der Waals surface area contributed by atoms with Crippen LogP contribution < -0.4 is 14.8 Å². The van der Waals surface area contributed by atoms with Crippen LogP contribution in [-0.2, 0) is 10.3 Å². The number of hydrogen-bond acceptors (Lipinski definition) is 6. The fraction of sp³-hybridized carbons (Fsp3) is 0.261. The van der Waals surface area contributed by atoms with Crippen molar-refractivity contribution < 1.29 is 18.7 Å². The summed E-state index contributed by atoms with van der Waals surface area (Å²) in [5.41, 5.74) is 2.95. The third kappa shape index (κ3) is 3.50. The van der Waals surface area contributed by atoms with Gasteiger partial charge in [0.15, 0.2) is 23.0 Å². The van der Waals surface area contributed by atoms with E-state index < -0.39 is 5.54 Å². The van der Waals surface area contributed by atoms with Crippen molar-refractivity contribution in [2.45, 2.75) is 26.3 Å². The fourth-order valence-corrected chi connectivity index (χ4v) is 3.51. The van der Waals surface area contributed by atoms with Crippen LogP contribution in [0, 0.1) is 6.92 Å². The van der Waals surface area contributed by atoms with Crippen LogP contribution in [0.2, 0.25) is 0 Å². The number of anilines is 1. The third-order valence-electron chi connectivity index (χ3n) is 5.34. The minimum atomic E-state index is -0.916. The summed E-state index contributed by atoms with van der Waals surface area (Å²) in [4.78, 5) is 17.4. The van der Waals surface area contributed by atoms with Crippen LogP contribution in [0.25, 0.3) is 22.2 Å². The van der Waals surface area contributed by atoms with E-state index in [4.69, 9.17) is 13.9 Å². The van der Waals surface area contributed by atoms with Gasteiger partial charge in [-0.05, 0) is 49.7 Å². The molecule has 1 N–H and O–H groups in total. The predicted octanol–water partition coefficient (Wildman–Crippen LogP) is 4.14. The maximum absolute atomic E-state index is 13.1. The molecule has 158 valence electrons. The van der Waals surface area contributed by atoms with Gasteiger partial charge in [-0.25, -0.2) is 4.98 Å². The number of oxazole rings is 1. The Morgan fingerprint density at radius 3 is 2.71 bits per heavy atom. The summed E-state index contributed by atoms with van der Waals surface area (Å²) in [6.45, 7) is 6.52. The molecule has 2 aromatic heterocycles. The highest BCUT2D eigenvalue weighted by Gasteiger charge is 2.31. The second-order valence-corrected chi connectivity index (χ2v) is 7.96. The Morgan fingerprint density at radius 2 is 1.87 bits per heavy atom. The van der Waals surface area contributed by atoms with Gasteiger partial charge in [0.25, 0.3) is 5.91 Å². The smallest absolute Gasteiger partial charge is 0.251 e. The number of aryl methyl sites for hydroxylation is 1. The van der Waals surface area contributed by atoms with Gasteiger partial charge in [-0.3, -0.25) is 9.48 Å². The number of ether oxygens (including phenoxy) is 2. The number of aromatic nitrogens is 3.